The number of anilines is 1. The molecular formula is C27H28N4O2. The summed E-state index contributed by atoms with van der Waals surface area (Å²) in [7, 11) is 1.55. The molecule has 0 bridgehead atoms. The van der Waals surface area contributed by atoms with E-state index in [1.54, 1.807) is 11.8 Å². The largest absolute Gasteiger partial charge is 0.466 e. The number of carbonyl (C=O) groups excluding carboxylic acids is 1. The molecule has 6 nitrogen and oxygen atoms in total. The minimum Gasteiger partial charge on any atom is -0.466 e. The van der Waals surface area contributed by atoms with Crippen LogP contribution in [0.5, 0.6) is 6.01 Å². The number of methoxy groups -OCH3 is 1. The number of rotatable bonds is 5. The van der Waals surface area contributed by atoms with Gasteiger partial charge in [-0.05, 0) is 59.9 Å². The predicted molar refractivity (Wildman–Crippen MR) is 131 cm³/mol. The quantitative estimate of drug-likeness (QED) is 0.426. The summed E-state index contributed by atoms with van der Waals surface area (Å²) >= 11 is 0. The van der Waals surface area contributed by atoms with Crippen LogP contribution < -0.4 is 10.1 Å². The Morgan fingerprint density at radius 3 is 2.21 bits per heavy atom. The van der Waals surface area contributed by atoms with Crippen molar-refractivity contribution in [2.75, 3.05) is 12.4 Å². The van der Waals surface area contributed by atoms with E-state index in [4.69, 9.17) is 4.74 Å². The highest BCUT2D eigenvalue weighted by atomic mass is 16.5. The second kappa shape index (κ2) is 8.90. The van der Waals surface area contributed by atoms with Crippen molar-refractivity contribution in [3.05, 3.63) is 89.5 Å². The monoisotopic (exact) mass is 440 g/mol. The molecule has 168 valence electrons. The van der Waals surface area contributed by atoms with Crippen molar-refractivity contribution in [1.82, 2.24) is 14.8 Å². The summed E-state index contributed by atoms with van der Waals surface area (Å²) in [6.45, 7) is 8.49. The number of aromatic nitrogens is 3. The van der Waals surface area contributed by atoms with Crippen LogP contribution in [-0.4, -0.2) is 27.8 Å². The maximum Gasteiger partial charge on any atom is 0.336 e. The van der Waals surface area contributed by atoms with Gasteiger partial charge in [0.2, 0.25) is 0 Å². The molecule has 0 aliphatic carbocycles. The lowest BCUT2D eigenvalue weighted by Crippen LogP contribution is -2.14. The average Bonchev–Trinajstić information content (AvgIpc) is 3.24. The zero-order chi connectivity index (χ0) is 23.6. The third-order valence-corrected chi connectivity index (χ3v) is 5.54. The van der Waals surface area contributed by atoms with Gasteiger partial charge >= 0.3 is 6.01 Å². The molecule has 0 radical (unpaired) electrons. The number of nitrogens with zero attached hydrogens (tertiary/aromatic N) is 3. The minimum atomic E-state index is -0.147. The molecule has 0 aliphatic rings. The van der Waals surface area contributed by atoms with Crippen LogP contribution in [0.1, 0.15) is 42.3 Å². The topological polar surface area (TPSA) is 69.0 Å². The van der Waals surface area contributed by atoms with Gasteiger partial charge in [-0.3, -0.25) is 4.79 Å². The minimum absolute atomic E-state index is 0.0476. The number of hydrogen-bond donors (Lipinski definition) is 1. The summed E-state index contributed by atoms with van der Waals surface area (Å²) in [6, 6.07) is 23.5. The number of benzene rings is 3. The number of carbonyl (C=O) groups is 1. The Bertz CT molecular complexity index is 1270. The van der Waals surface area contributed by atoms with Crippen LogP contribution in [0.2, 0.25) is 0 Å². The van der Waals surface area contributed by atoms with Gasteiger partial charge in [-0.25, -0.2) is 4.68 Å². The van der Waals surface area contributed by atoms with Crippen molar-refractivity contribution in [2.24, 2.45) is 0 Å². The van der Waals surface area contributed by atoms with Gasteiger partial charge in [0.25, 0.3) is 5.91 Å². The highest BCUT2D eigenvalue weighted by molar-refractivity contribution is 6.04. The molecule has 4 rings (SSSR count). The lowest BCUT2D eigenvalue weighted by atomic mass is 9.87. The molecule has 0 fully saturated rings. The van der Waals surface area contributed by atoms with Crippen LogP contribution in [-0.2, 0) is 5.41 Å². The Hall–Kier alpha value is -3.93. The third kappa shape index (κ3) is 4.80. The Balaban J connectivity index is 1.56. The lowest BCUT2D eigenvalue weighted by Gasteiger charge is -2.19. The molecule has 0 spiro atoms. The van der Waals surface area contributed by atoms with Crippen molar-refractivity contribution in [3.8, 4) is 23.1 Å². The van der Waals surface area contributed by atoms with Gasteiger partial charge in [-0.15, -0.1) is 5.10 Å². The first-order valence-electron chi connectivity index (χ1n) is 10.9. The molecule has 33 heavy (non-hydrogen) atoms. The standard InChI is InChI=1S/C27H28N4O2/c1-18-8-6-7-9-23(18)24-29-26(33-5)30-31(24)22-16-14-21(15-17-22)28-25(32)19-10-12-20(13-11-19)27(2,3)4/h6-17H,1-5H3,(H,28,32). The van der Waals surface area contributed by atoms with Crippen molar-refractivity contribution in [2.45, 2.75) is 33.1 Å². The molecule has 0 saturated heterocycles. The normalized spacial score (nSPS) is 11.3. The number of hydrogen-bond acceptors (Lipinski definition) is 4. The molecule has 4 aromatic rings. The molecule has 3 aromatic carbocycles. The smallest absolute Gasteiger partial charge is 0.336 e. The first-order valence-corrected chi connectivity index (χ1v) is 10.9. The van der Waals surface area contributed by atoms with E-state index in [2.05, 4.69) is 36.2 Å². The van der Waals surface area contributed by atoms with Crippen molar-refractivity contribution in [3.63, 3.8) is 0 Å². The van der Waals surface area contributed by atoms with Crippen LogP contribution >= 0.6 is 0 Å². The second-order valence-corrected chi connectivity index (χ2v) is 8.98. The lowest BCUT2D eigenvalue weighted by molar-refractivity contribution is 0.102. The number of aryl methyl sites for hydroxylation is 1. The summed E-state index contributed by atoms with van der Waals surface area (Å²) in [6.07, 6.45) is 0. The van der Waals surface area contributed by atoms with E-state index < -0.39 is 0 Å². The van der Waals surface area contributed by atoms with E-state index in [-0.39, 0.29) is 11.3 Å². The molecular weight excluding hydrogens is 412 g/mol. The number of nitrogens with one attached hydrogen (secondary N) is 1. The van der Waals surface area contributed by atoms with E-state index in [0.29, 0.717) is 23.1 Å². The number of amides is 1. The highest BCUT2D eigenvalue weighted by Crippen LogP contribution is 2.27. The maximum atomic E-state index is 12.7. The summed E-state index contributed by atoms with van der Waals surface area (Å²) in [4.78, 5) is 17.2. The molecule has 1 heterocycles. The fraction of sp³-hybridized carbons (Fsp3) is 0.222. The summed E-state index contributed by atoms with van der Waals surface area (Å²) in [5, 5.41) is 7.44. The Morgan fingerprint density at radius 2 is 1.61 bits per heavy atom. The van der Waals surface area contributed by atoms with E-state index in [1.165, 1.54) is 5.56 Å². The molecule has 0 unspecified atom stereocenters. The van der Waals surface area contributed by atoms with E-state index in [1.807, 2.05) is 79.7 Å². The average molecular weight is 441 g/mol. The van der Waals surface area contributed by atoms with Crippen LogP contribution in [0.3, 0.4) is 0 Å². The fourth-order valence-electron chi connectivity index (χ4n) is 3.57. The third-order valence-electron chi connectivity index (χ3n) is 5.54. The molecule has 1 N–H and O–H groups in total. The van der Waals surface area contributed by atoms with Crippen LogP contribution in [0.15, 0.2) is 72.8 Å². The molecule has 0 saturated carbocycles. The van der Waals surface area contributed by atoms with Gasteiger partial charge in [0.1, 0.15) is 0 Å². The van der Waals surface area contributed by atoms with Crippen molar-refractivity contribution < 1.29 is 9.53 Å². The summed E-state index contributed by atoms with van der Waals surface area (Å²) < 4.78 is 7.02. The van der Waals surface area contributed by atoms with Crippen LogP contribution in [0.4, 0.5) is 5.69 Å². The zero-order valence-corrected chi connectivity index (χ0v) is 19.6. The molecule has 1 amide bonds. The first kappa shape index (κ1) is 22.3. The summed E-state index contributed by atoms with van der Waals surface area (Å²) in [5.74, 6) is 0.548. The Labute approximate surface area is 194 Å². The van der Waals surface area contributed by atoms with Gasteiger partial charge in [-0.2, -0.15) is 4.98 Å². The van der Waals surface area contributed by atoms with Gasteiger partial charge in [-0.1, -0.05) is 57.2 Å². The van der Waals surface area contributed by atoms with E-state index in [9.17, 15) is 4.79 Å². The molecule has 1 aromatic heterocycles. The van der Waals surface area contributed by atoms with Crippen LogP contribution in [0, 0.1) is 6.92 Å². The fourth-order valence-corrected chi connectivity index (χ4v) is 3.57. The van der Waals surface area contributed by atoms with Gasteiger partial charge in [0.15, 0.2) is 5.82 Å². The number of ether oxygens (including phenoxy) is 1. The zero-order valence-electron chi connectivity index (χ0n) is 19.6. The van der Waals surface area contributed by atoms with Gasteiger partial charge < -0.3 is 10.1 Å². The first-order chi connectivity index (χ1) is 15.8. The Morgan fingerprint density at radius 1 is 0.939 bits per heavy atom. The second-order valence-electron chi connectivity index (χ2n) is 8.98. The van der Waals surface area contributed by atoms with E-state index >= 15 is 0 Å². The van der Waals surface area contributed by atoms with Crippen molar-refractivity contribution in [1.29, 1.82) is 0 Å². The SMILES string of the molecule is COc1nc(-c2ccccc2C)n(-c2ccc(NC(=O)c3ccc(C(C)(C)C)cc3)cc2)n1. The predicted octanol–water partition coefficient (Wildman–Crippen LogP) is 5.80. The summed E-state index contributed by atoms with van der Waals surface area (Å²) in [5.41, 5.74) is 5.45. The van der Waals surface area contributed by atoms with Crippen LogP contribution in [0.25, 0.3) is 17.1 Å². The van der Waals surface area contributed by atoms with Gasteiger partial charge in [0, 0.05) is 16.8 Å². The molecule has 0 aliphatic heterocycles. The van der Waals surface area contributed by atoms with E-state index in [0.717, 1.165) is 16.8 Å². The highest BCUT2D eigenvalue weighted by Gasteiger charge is 2.17. The Kier molecular flexibility index (Phi) is 6.01. The van der Waals surface area contributed by atoms with Gasteiger partial charge in [0.05, 0.1) is 12.8 Å². The maximum absolute atomic E-state index is 12.7. The van der Waals surface area contributed by atoms with Crippen molar-refractivity contribution >= 4 is 11.6 Å². The molecule has 6 heteroatoms. The molecule has 0 atom stereocenters.